The number of nitrogens with zero attached hydrogens (tertiary/aromatic N) is 5. The number of anilines is 1. The second-order valence-corrected chi connectivity index (χ2v) is 8.85. The number of aromatic nitrogens is 4. The molecule has 1 aliphatic heterocycles. The third-order valence-electron chi connectivity index (χ3n) is 6.62. The Balaban J connectivity index is 1.32. The SMILES string of the molecule is Cc1ccc(-c2n[nH]n3c2nc(=O)c2ccc(C(=O)N4CCN(c5ccccc5)CC4)cc23)cc1. The number of benzene rings is 3. The van der Waals surface area contributed by atoms with Crippen molar-refractivity contribution in [3.05, 3.63) is 94.3 Å². The number of fused-ring (bicyclic) bond motifs is 3. The fraction of sp³-hybridized carbons (Fsp3) is 0.185. The van der Waals surface area contributed by atoms with E-state index in [0.717, 1.165) is 24.2 Å². The summed E-state index contributed by atoms with van der Waals surface area (Å²) in [7, 11) is 0. The highest BCUT2D eigenvalue weighted by molar-refractivity contribution is 5.98. The van der Waals surface area contributed by atoms with Gasteiger partial charge in [0.15, 0.2) is 5.65 Å². The van der Waals surface area contributed by atoms with E-state index in [4.69, 9.17) is 0 Å². The number of amides is 1. The first-order valence-corrected chi connectivity index (χ1v) is 11.7. The van der Waals surface area contributed by atoms with Gasteiger partial charge in [0.2, 0.25) is 0 Å². The zero-order valence-electron chi connectivity index (χ0n) is 19.3. The van der Waals surface area contributed by atoms with Crippen molar-refractivity contribution in [2.24, 2.45) is 0 Å². The minimum atomic E-state index is -0.342. The fourth-order valence-corrected chi connectivity index (χ4v) is 4.66. The minimum Gasteiger partial charge on any atom is -0.368 e. The van der Waals surface area contributed by atoms with E-state index in [1.54, 1.807) is 22.7 Å². The smallest absolute Gasteiger partial charge is 0.281 e. The van der Waals surface area contributed by atoms with Crippen LogP contribution in [0.5, 0.6) is 0 Å². The van der Waals surface area contributed by atoms with Gasteiger partial charge >= 0.3 is 0 Å². The first-order chi connectivity index (χ1) is 17.1. The highest BCUT2D eigenvalue weighted by Crippen LogP contribution is 2.24. The molecule has 2 aromatic heterocycles. The molecule has 5 aromatic rings. The van der Waals surface area contributed by atoms with Crippen LogP contribution in [0, 0.1) is 6.92 Å². The molecular formula is C27H24N6O2. The van der Waals surface area contributed by atoms with E-state index in [1.165, 1.54) is 5.69 Å². The first kappa shape index (κ1) is 21.1. The van der Waals surface area contributed by atoms with Gasteiger partial charge in [0, 0.05) is 43.0 Å². The lowest BCUT2D eigenvalue weighted by Gasteiger charge is -2.36. The zero-order chi connectivity index (χ0) is 23.9. The van der Waals surface area contributed by atoms with Crippen molar-refractivity contribution in [1.29, 1.82) is 0 Å². The molecule has 0 atom stereocenters. The van der Waals surface area contributed by atoms with Gasteiger partial charge in [-0.2, -0.15) is 10.1 Å². The molecule has 1 saturated heterocycles. The van der Waals surface area contributed by atoms with Crippen molar-refractivity contribution >= 4 is 28.1 Å². The van der Waals surface area contributed by atoms with Crippen molar-refractivity contribution in [3.63, 3.8) is 0 Å². The fourth-order valence-electron chi connectivity index (χ4n) is 4.66. The molecule has 1 aliphatic rings. The Morgan fingerprint density at radius 2 is 1.66 bits per heavy atom. The summed E-state index contributed by atoms with van der Waals surface area (Å²) in [5.74, 6) is -0.0455. The van der Waals surface area contributed by atoms with E-state index in [2.05, 4.69) is 32.3 Å². The van der Waals surface area contributed by atoms with Crippen LogP contribution in [-0.4, -0.2) is 56.8 Å². The predicted octanol–water partition coefficient (Wildman–Crippen LogP) is 3.51. The maximum atomic E-state index is 13.3. The second kappa shape index (κ2) is 8.39. The number of hydrogen-bond donors (Lipinski definition) is 1. The number of carbonyl (C=O) groups is 1. The number of aromatic amines is 1. The Hall–Kier alpha value is -4.46. The molecule has 3 heterocycles. The van der Waals surface area contributed by atoms with E-state index < -0.39 is 0 Å². The molecule has 8 heteroatoms. The third kappa shape index (κ3) is 3.73. The Morgan fingerprint density at radius 3 is 2.40 bits per heavy atom. The predicted molar refractivity (Wildman–Crippen MR) is 136 cm³/mol. The summed E-state index contributed by atoms with van der Waals surface area (Å²) < 4.78 is 1.68. The van der Waals surface area contributed by atoms with Crippen LogP contribution >= 0.6 is 0 Å². The van der Waals surface area contributed by atoms with E-state index in [1.807, 2.05) is 54.3 Å². The Morgan fingerprint density at radius 1 is 0.914 bits per heavy atom. The molecule has 0 spiro atoms. The molecule has 174 valence electrons. The topological polar surface area (TPSA) is 86.6 Å². The van der Waals surface area contributed by atoms with Gasteiger partial charge < -0.3 is 9.80 Å². The van der Waals surface area contributed by atoms with Crippen molar-refractivity contribution in [1.82, 2.24) is 24.7 Å². The average Bonchev–Trinajstić information content (AvgIpc) is 3.33. The molecule has 0 radical (unpaired) electrons. The maximum absolute atomic E-state index is 13.3. The van der Waals surface area contributed by atoms with Crippen LogP contribution in [0.2, 0.25) is 0 Å². The van der Waals surface area contributed by atoms with Crippen LogP contribution in [0.3, 0.4) is 0 Å². The van der Waals surface area contributed by atoms with Gasteiger partial charge in [-0.25, -0.2) is 9.73 Å². The van der Waals surface area contributed by atoms with Gasteiger partial charge in [0.25, 0.3) is 11.5 Å². The standard InChI is InChI=1S/C27H24N6O2/c1-18-7-9-19(10-8-18)24-25-28-26(34)22-12-11-20(17-23(22)33(25)30-29-24)27(35)32-15-13-31(14-16-32)21-5-3-2-4-6-21/h2-12,17,30H,13-16H2,1H3. The Bertz CT molecular complexity index is 1600. The largest absolute Gasteiger partial charge is 0.368 e. The Kier molecular flexibility index (Phi) is 5.06. The van der Waals surface area contributed by atoms with Crippen molar-refractivity contribution in [3.8, 4) is 11.3 Å². The van der Waals surface area contributed by atoms with Crippen molar-refractivity contribution in [2.75, 3.05) is 31.1 Å². The van der Waals surface area contributed by atoms with Gasteiger partial charge in [-0.05, 0) is 37.3 Å². The molecule has 1 N–H and O–H groups in total. The molecule has 6 rings (SSSR count). The van der Waals surface area contributed by atoms with Gasteiger partial charge in [-0.15, -0.1) is 0 Å². The van der Waals surface area contributed by atoms with Crippen LogP contribution < -0.4 is 10.5 Å². The molecule has 0 bridgehead atoms. The van der Waals surface area contributed by atoms with Crippen LogP contribution in [0.15, 0.2) is 77.6 Å². The van der Waals surface area contributed by atoms with Crippen molar-refractivity contribution < 1.29 is 4.79 Å². The third-order valence-corrected chi connectivity index (χ3v) is 6.62. The summed E-state index contributed by atoms with van der Waals surface area (Å²) in [5, 5.41) is 7.84. The number of hydrogen-bond acceptors (Lipinski definition) is 5. The van der Waals surface area contributed by atoms with Crippen molar-refractivity contribution in [2.45, 2.75) is 6.92 Å². The van der Waals surface area contributed by atoms with E-state index in [0.29, 0.717) is 40.9 Å². The van der Waals surface area contributed by atoms with E-state index in [9.17, 15) is 9.59 Å². The van der Waals surface area contributed by atoms with Gasteiger partial charge in [-0.1, -0.05) is 48.0 Å². The molecule has 0 unspecified atom stereocenters. The molecule has 0 aliphatic carbocycles. The average molecular weight is 465 g/mol. The number of para-hydroxylation sites is 1. The molecule has 1 fully saturated rings. The summed E-state index contributed by atoms with van der Waals surface area (Å²) in [6, 6.07) is 23.3. The lowest BCUT2D eigenvalue weighted by atomic mass is 10.1. The highest BCUT2D eigenvalue weighted by Gasteiger charge is 2.23. The monoisotopic (exact) mass is 464 g/mol. The highest BCUT2D eigenvalue weighted by atomic mass is 16.2. The second-order valence-electron chi connectivity index (χ2n) is 8.85. The number of nitrogens with one attached hydrogen (secondary N) is 1. The molecule has 8 nitrogen and oxygen atoms in total. The number of rotatable bonds is 3. The number of H-pyrrole nitrogens is 1. The molecule has 0 saturated carbocycles. The molecule has 1 amide bonds. The van der Waals surface area contributed by atoms with Gasteiger partial charge in [-0.3, -0.25) is 9.59 Å². The Labute approximate surface area is 201 Å². The van der Waals surface area contributed by atoms with Crippen LogP contribution in [-0.2, 0) is 0 Å². The summed E-state index contributed by atoms with van der Waals surface area (Å²) in [6.45, 7) is 4.84. The van der Waals surface area contributed by atoms with Crippen LogP contribution in [0.1, 0.15) is 15.9 Å². The molecule has 35 heavy (non-hydrogen) atoms. The van der Waals surface area contributed by atoms with Crippen LogP contribution in [0.25, 0.3) is 27.8 Å². The quantitative estimate of drug-likeness (QED) is 0.442. The first-order valence-electron chi connectivity index (χ1n) is 11.7. The maximum Gasteiger partial charge on any atom is 0.281 e. The number of piperazine rings is 1. The summed E-state index contributed by atoms with van der Waals surface area (Å²) in [5.41, 5.74) is 4.98. The van der Waals surface area contributed by atoms with Crippen LogP contribution in [0.4, 0.5) is 5.69 Å². The summed E-state index contributed by atoms with van der Waals surface area (Å²) in [4.78, 5) is 34.6. The number of carbonyl (C=O) groups excluding carboxylic acids is 1. The minimum absolute atomic E-state index is 0.0455. The lowest BCUT2D eigenvalue weighted by molar-refractivity contribution is 0.0747. The van der Waals surface area contributed by atoms with E-state index >= 15 is 0 Å². The number of aryl methyl sites for hydroxylation is 1. The normalized spacial score (nSPS) is 14.1. The lowest BCUT2D eigenvalue weighted by Crippen LogP contribution is -2.48. The van der Waals surface area contributed by atoms with E-state index in [-0.39, 0.29) is 11.5 Å². The van der Waals surface area contributed by atoms with Gasteiger partial charge in [0.1, 0.15) is 5.69 Å². The summed E-state index contributed by atoms with van der Waals surface area (Å²) in [6.07, 6.45) is 0. The summed E-state index contributed by atoms with van der Waals surface area (Å²) >= 11 is 0. The van der Waals surface area contributed by atoms with Gasteiger partial charge in [0.05, 0.1) is 10.9 Å². The zero-order valence-corrected chi connectivity index (χ0v) is 19.3. The molecular weight excluding hydrogens is 440 g/mol. The molecule has 3 aromatic carbocycles.